The first-order chi connectivity index (χ1) is 9.45. The summed E-state index contributed by atoms with van der Waals surface area (Å²) in [5, 5.41) is 6.01. The number of hydrogen-bond donors (Lipinski definition) is 2. The average molecular weight is 299 g/mol. The lowest BCUT2D eigenvalue weighted by Crippen LogP contribution is -2.26. The first-order valence-electron chi connectivity index (χ1n) is 6.12. The number of esters is 1. The number of anilines is 1. The van der Waals surface area contributed by atoms with E-state index >= 15 is 0 Å². The van der Waals surface area contributed by atoms with Crippen LogP contribution in [0, 0.1) is 0 Å². The number of aromatic nitrogens is 1. The molecule has 0 aliphatic carbocycles. The van der Waals surface area contributed by atoms with Crippen molar-refractivity contribution in [2.75, 3.05) is 25.0 Å². The topological polar surface area (TPSA) is 97.4 Å². The molecule has 0 spiro atoms. The molecular formula is C12H17N3O4S. The zero-order valence-electron chi connectivity index (χ0n) is 11.6. The summed E-state index contributed by atoms with van der Waals surface area (Å²) in [6.45, 7) is 5.59. The fourth-order valence-electron chi connectivity index (χ4n) is 1.38. The number of hydrogen-bond acceptors (Lipinski definition) is 7. The van der Waals surface area contributed by atoms with E-state index in [0.29, 0.717) is 18.2 Å². The summed E-state index contributed by atoms with van der Waals surface area (Å²) in [7, 11) is 0. The Morgan fingerprint density at radius 1 is 1.25 bits per heavy atom. The second-order valence-corrected chi connectivity index (χ2v) is 4.88. The molecule has 0 aliphatic rings. The molecule has 0 bridgehead atoms. The van der Waals surface area contributed by atoms with Crippen LogP contribution in [-0.2, 0) is 9.53 Å². The Kier molecular flexibility index (Phi) is 6.10. The lowest BCUT2D eigenvalue weighted by molar-refractivity contribution is -0.118. The van der Waals surface area contributed by atoms with E-state index in [-0.39, 0.29) is 28.9 Å². The van der Waals surface area contributed by atoms with Gasteiger partial charge in [-0.3, -0.25) is 9.59 Å². The van der Waals surface area contributed by atoms with Crippen LogP contribution < -0.4 is 10.6 Å². The van der Waals surface area contributed by atoms with Crippen molar-refractivity contribution >= 4 is 34.1 Å². The van der Waals surface area contributed by atoms with Crippen LogP contribution >= 0.6 is 11.3 Å². The second-order valence-electron chi connectivity index (χ2n) is 3.88. The zero-order chi connectivity index (χ0) is 15.1. The normalized spacial score (nSPS) is 9.95. The highest BCUT2D eigenvalue weighted by molar-refractivity contribution is 7.17. The van der Waals surface area contributed by atoms with Crippen LogP contribution in [0.4, 0.5) is 5.13 Å². The van der Waals surface area contributed by atoms with Crippen molar-refractivity contribution in [3.63, 3.8) is 0 Å². The minimum Gasteiger partial charge on any atom is -0.461 e. The molecule has 7 nitrogen and oxygen atoms in total. The summed E-state index contributed by atoms with van der Waals surface area (Å²) in [5.41, 5.74) is 0.0337. The van der Waals surface area contributed by atoms with Gasteiger partial charge in [0.05, 0.1) is 6.61 Å². The highest BCUT2D eigenvalue weighted by Gasteiger charge is 2.22. The maximum Gasteiger partial charge on any atom is 0.358 e. The highest BCUT2D eigenvalue weighted by Crippen LogP contribution is 2.24. The van der Waals surface area contributed by atoms with Crippen LogP contribution in [0.2, 0.25) is 0 Å². The fourth-order valence-corrected chi connectivity index (χ4v) is 2.25. The Morgan fingerprint density at radius 3 is 2.50 bits per heavy atom. The van der Waals surface area contributed by atoms with Crippen LogP contribution in [0.3, 0.4) is 0 Å². The van der Waals surface area contributed by atoms with Crippen LogP contribution in [0.5, 0.6) is 0 Å². The second kappa shape index (κ2) is 7.59. The molecule has 1 aromatic heterocycles. The van der Waals surface area contributed by atoms with E-state index in [9.17, 15) is 14.4 Å². The summed E-state index contributed by atoms with van der Waals surface area (Å²) in [6, 6.07) is 0. The molecule has 0 aromatic carbocycles. The van der Waals surface area contributed by atoms with Crippen LogP contribution in [-0.4, -0.2) is 42.3 Å². The van der Waals surface area contributed by atoms with Crippen molar-refractivity contribution in [1.82, 2.24) is 10.3 Å². The maximum absolute atomic E-state index is 11.7. The Bertz CT molecular complexity index is 513. The predicted molar refractivity (Wildman–Crippen MR) is 75.2 cm³/mol. The molecule has 2 N–H and O–H groups in total. The lowest BCUT2D eigenvalue weighted by Gasteiger charge is -2.02. The van der Waals surface area contributed by atoms with Gasteiger partial charge in [0.1, 0.15) is 4.88 Å². The van der Waals surface area contributed by atoms with Gasteiger partial charge in [0, 0.05) is 26.9 Å². The van der Waals surface area contributed by atoms with Gasteiger partial charge in [-0.25, -0.2) is 9.78 Å². The van der Waals surface area contributed by atoms with Gasteiger partial charge in [-0.05, 0) is 6.92 Å². The number of carbonyl (C=O) groups excluding carboxylic acids is 3. The summed E-state index contributed by atoms with van der Waals surface area (Å²) in [6.07, 6.45) is 0. The minimum absolute atomic E-state index is 0.0337. The predicted octanol–water partition coefficient (Wildman–Crippen LogP) is 1.07. The molecule has 0 saturated carbocycles. The molecule has 0 unspecified atom stereocenters. The Hall–Kier alpha value is -1.96. The van der Waals surface area contributed by atoms with Gasteiger partial charge in [0.15, 0.2) is 16.6 Å². The van der Waals surface area contributed by atoms with E-state index in [2.05, 4.69) is 15.6 Å². The lowest BCUT2D eigenvalue weighted by atomic mass is 10.3. The van der Waals surface area contributed by atoms with Crippen molar-refractivity contribution in [3.05, 3.63) is 10.6 Å². The molecule has 1 amide bonds. The molecule has 1 heterocycles. The smallest absolute Gasteiger partial charge is 0.358 e. The van der Waals surface area contributed by atoms with E-state index < -0.39 is 5.97 Å². The third-order valence-corrected chi connectivity index (χ3v) is 3.30. The van der Waals surface area contributed by atoms with Crippen LogP contribution in [0.15, 0.2) is 0 Å². The minimum atomic E-state index is -0.608. The number of carbonyl (C=O) groups is 3. The summed E-state index contributed by atoms with van der Waals surface area (Å²) >= 11 is 1.10. The quantitative estimate of drug-likeness (QED) is 0.444. The number of ketones is 1. The monoisotopic (exact) mass is 299 g/mol. The fraction of sp³-hybridized carbons (Fsp3) is 0.500. The first-order valence-corrected chi connectivity index (χ1v) is 6.94. The van der Waals surface area contributed by atoms with Gasteiger partial charge in [0.2, 0.25) is 5.91 Å². The number of Topliss-reactive ketones (excluding diaryl/α,β-unsaturated/α-hetero) is 1. The van der Waals surface area contributed by atoms with Gasteiger partial charge in [-0.15, -0.1) is 0 Å². The Morgan fingerprint density at radius 2 is 1.95 bits per heavy atom. The van der Waals surface area contributed by atoms with Crippen molar-refractivity contribution in [1.29, 1.82) is 0 Å². The molecule has 0 aliphatic heterocycles. The maximum atomic E-state index is 11.7. The molecule has 110 valence electrons. The molecule has 0 saturated heterocycles. The van der Waals surface area contributed by atoms with E-state index in [4.69, 9.17) is 4.74 Å². The molecule has 0 fully saturated rings. The zero-order valence-corrected chi connectivity index (χ0v) is 12.4. The van der Waals surface area contributed by atoms with Gasteiger partial charge in [-0.2, -0.15) is 0 Å². The van der Waals surface area contributed by atoms with Gasteiger partial charge in [0.25, 0.3) is 0 Å². The van der Waals surface area contributed by atoms with Crippen molar-refractivity contribution in [3.8, 4) is 0 Å². The molecule has 1 rings (SSSR count). The summed E-state index contributed by atoms with van der Waals surface area (Å²) < 4.78 is 4.86. The Balaban J connectivity index is 2.73. The number of rotatable bonds is 7. The average Bonchev–Trinajstić information content (AvgIpc) is 2.79. The summed E-state index contributed by atoms with van der Waals surface area (Å²) in [5.74, 6) is -0.966. The van der Waals surface area contributed by atoms with Gasteiger partial charge in [-0.1, -0.05) is 11.3 Å². The molecular weight excluding hydrogens is 282 g/mol. The van der Waals surface area contributed by atoms with Crippen molar-refractivity contribution in [2.24, 2.45) is 0 Å². The SMILES string of the molecule is CCOC(=O)c1nc(NCCNC(C)=O)sc1C(C)=O. The highest BCUT2D eigenvalue weighted by atomic mass is 32.1. The van der Waals surface area contributed by atoms with E-state index in [0.717, 1.165) is 11.3 Å². The summed E-state index contributed by atoms with van der Waals surface area (Å²) in [4.78, 5) is 38.2. The van der Waals surface area contributed by atoms with Gasteiger partial charge >= 0.3 is 5.97 Å². The van der Waals surface area contributed by atoms with E-state index in [1.807, 2.05) is 0 Å². The molecule has 0 radical (unpaired) electrons. The van der Waals surface area contributed by atoms with Gasteiger partial charge < -0.3 is 15.4 Å². The largest absolute Gasteiger partial charge is 0.461 e. The van der Waals surface area contributed by atoms with E-state index in [1.165, 1.54) is 13.8 Å². The number of amides is 1. The van der Waals surface area contributed by atoms with Crippen LogP contribution in [0.1, 0.15) is 40.9 Å². The number of nitrogens with zero attached hydrogens (tertiary/aromatic N) is 1. The van der Waals surface area contributed by atoms with Crippen LogP contribution in [0.25, 0.3) is 0 Å². The third kappa shape index (κ3) is 4.61. The van der Waals surface area contributed by atoms with Crippen molar-refractivity contribution in [2.45, 2.75) is 20.8 Å². The number of nitrogens with one attached hydrogen (secondary N) is 2. The molecule has 8 heteroatoms. The third-order valence-electron chi connectivity index (χ3n) is 2.19. The standard InChI is InChI=1S/C12H17N3O4S/c1-4-19-11(18)9-10(7(2)16)20-12(15-9)14-6-5-13-8(3)17/h4-6H2,1-3H3,(H,13,17)(H,14,15). The van der Waals surface area contributed by atoms with Crippen molar-refractivity contribution < 1.29 is 19.1 Å². The van der Waals surface area contributed by atoms with E-state index in [1.54, 1.807) is 6.92 Å². The Labute approximate surface area is 120 Å². The first kappa shape index (κ1) is 16.1. The molecule has 0 atom stereocenters. The number of thiazole rings is 1. The molecule has 20 heavy (non-hydrogen) atoms. The molecule has 1 aromatic rings. The number of ether oxygens (including phenoxy) is 1.